The second-order valence-corrected chi connectivity index (χ2v) is 4.32. The van der Waals surface area contributed by atoms with E-state index in [1.165, 1.54) is 0 Å². The van der Waals surface area contributed by atoms with Gasteiger partial charge >= 0.3 is 0 Å². The molecule has 4 N–H and O–H groups in total. The molecule has 5 nitrogen and oxygen atoms in total. The minimum atomic E-state index is -0.377. The van der Waals surface area contributed by atoms with E-state index in [4.69, 9.17) is 5.73 Å². The lowest BCUT2D eigenvalue weighted by atomic mass is 10.1. The van der Waals surface area contributed by atoms with Gasteiger partial charge in [-0.15, -0.1) is 0 Å². The summed E-state index contributed by atoms with van der Waals surface area (Å²) in [6.07, 6.45) is 0.217. The van der Waals surface area contributed by atoms with Gasteiger partial charge < -0.3 is 16.0 Å². The van der Waals surface area contributed by atoms with E-state index >= 15 is 0 Å². The number of carbonyl (C=O) groups is 1. The van der Waals surface area contributed by atoms with Crippen LogP contribution >= 0.6 is 0 Å². The number of H-pyrrole nitrogens is 1. The van der Waals surface area contributed by atoms with E-state index in [2.05, 4.69) is 10.3 Å². The van der Waals surface area contributed by atoms with Crippen LogP contribution in [0.3, 0.4) is 0 Å². The summed E-state index contributed by atoms with van der Waals surface area (Å²) in [4.78, 5) is 25.3. The smallest absolute Gasteiger partial charge is 0.257 e. The monoisotopic (exact) mass is 245 g/mol. The third-order valence-corrected chi connectivity index (χ3v) is 2.66. The fraction of sp³-hybridized carbons (Fsp3) is 0.231. The first-order chi connectivity index (χ1) is 8.56. The molecule has 0 aliphatic heterocycles. The second kappa shape index (κ2) is 4.91. The Balaban J connectivity index is 2.30. The largest absolute Gasteiger partial charge is 0.370 e. The zero-order valence-corrected chi connectivity index (χ0v) is 10.1. The molecule has 94 valence electrons. The third-order valence-electron chi connectivity index (χ3n) is 2.66. The highest BCUT2D eigenvalue weighted by molar-refractivity contribution is 5.83. The summed E-state index contributed by atoms with van der Waals surface area (Å²) in [6, 6.07) is 9.05. The predicted molar refractivity (Wildman–Crippen MR) is 71.5 cm³/mol. The van der Waals surface area contributed by atoms with Crippen molar-refractivity contribution < 1.29 is 4.79 Å². The molecule has 2 rings (SSSR count). The Bertz CT molecular complexity index is 633. The SMILES string of the molecule is CC(CC(N)=O)Nc1cc2ccccc2c(=O)[nH]1. The number of carbonyl (C=O) groups excluding carboxylic acids is 1. The zero-order valence-electron chi connectivity index (χ0n) is 10.1. The van der Waals surface area contributed by atoms with Gasteiger partial charge in [0, 0.05) is 17.8 Å². The first-order valence-corrected chi connectivity index (χ1v) is 5.73. The van der Waals surface area contributed by atoms with Crippen molar-refractivity contribution in [1.29, 1.82) is 0 Å². The highest BCUT2D eigenvalue weighted by Crippen LogP contribution is 2.13. The topological polar surface area (TPSA) is 88.0 Å². The predicted octanol–water partition coefficient (Wildman–Crippen LogP) is 1.20. The Kier molecular flexibility index (Phi) is 3.32. The zero-order chi connectivity index (χ0) is 13.1. The number of fused-ring (bicyclic) bond motifs is 1. The number of nitrogens with two attached hydrogens (primary N) is 1. The van der Waals surface area contributed by atoms with E-state index in [0.29, 0.717) is 11.2 Å². The summed E-state index contributed by atoms with van der Waals surface area (Å²) in [7, 11) is 0. The molecule has 1 aromatic heterocycles. The molecular formula is C13H15N3O2. The average molecular weight is 245 g/mol. The summed E-state index contributed by atoms with van der Waals surface area (Å²) in [5, 5.41) is 4.55. The summed E-state index contributed by atoms with van der Waals surface area (Å²) in [5.74, 6) is 0.214. The van der Waals surface area contributed by atoms with E-state index < -0.39 is 0 Å². The molecule has 0 saturated carbocycles. The van der Waals surface area contributed by atoms with Crippen molar-refractivity contribution in [2.45, 2.75) is 19.4 Å². The Hall–Kier alpha value is -2.30. The van der Waals surface area contributed by atoms with Crippen LogP contribution in [0.1, 0.15) is 13.3 Å². The summed E-state index contributed by atoms with van der Waals surface area (Å²) in [6.45, 7) is 1.83. The Morgan fingerprint density at radius 2 is 2.17 bits per heavy atom. The molecule has 1 unspecified atom stereocenters. The van der Waals surface area contributed by atoms with Crippen molar-refractivity contribution in [3.05, 3.63) is 40.7 Å². The normalized spacial score (nSPS) is 12.3. The minimum Gasteiger partial charge on any atom is -0.370 e. The number of hydrogen-bond donors (Lipinski definition) is 3. The number of benzene rings is 1. The van der Waals surface area contributed by atoms with Gasteiger partial charge in [-0.1, -0.05) is 18.2 Å². The van der Waals surface area contributed by atoms with Gasteiger partial charge in [-0.25, -0.2) is 0 Å². The lowest BCUT2D eigenvalue weighted by molar-refractivity contribution is -0.118. The Morgan fingerprint density at radius 1 is 1.44 bits per heavy atom. The van der Waals surface area contributed by atoms with Crippen LogP contribution in [0.5, 0.6) is 0 Å². The third kappa shape index (κ3) is 2.68. The van der Waals surface area contributed by atoms with E-state index in [0.717, 1.165) is 5.39 Å². The average Bonchev–Trinajstić information content (AvgIpc) is 2.27. The molecule has 0 saturated heterocycles. The van der Waals surface area contributed by atoms with Crippen molar-refractivity contribution in [1.82, 2.24) is 4.98 Å². The maximum absolute atomic E-state index is 11.8. The molecule has 0 aliphatic carbocycles. The molecule has 0 fully saturated rings. The van der Waals surface area contributed by atoms with Crippen molar-refractivity contribution in [2.75, 3.05) is 5.32 Å². The molecule has 18 heavy (non-hydrogen) atoms. The van der Waals surface area contributed by atoms with Crippen molar-refractivity contribution >= 4 is 22.5 Å². The molecule has 0 spiro atoms. The molecule has 1 amide bonds. The van der Waals surface area contributed by atoms with Crippen molar-refractivity contribution in [3.8, 4) is 0 Å². The van der Waals surface area contributed by atoms with Gasteiger partial charge in [-0.3, -0.25) is 9.59 Å². The van der Waals surface area contributed by atoms with Crippen LogP contribution in [0.2, 0.25) is 0 Å². The standard InChI is InChI=1S/C13H15N3O2/c1-8(6-11(14)17)15-12-7-9-4-2-3-5-10(9)13(18)16-12/h2-5,7-8H,6H2,1H3,(H2,14,17)(H2,15,16,18). The number of aromatic nitrogens is 1. The van der Waals surface area contributed by atoms with Gasteiger partial charge in [0.1, 0.15) is 5.82 Å². The number of amides is 1. The van der Waals surface area contributed by atoms with Crippen LogP contribution in [-0.2, 0) is 4.79 Å². The fourth-order valence-electron chi connectivity index (χ4n) is 1.91. The van der Waals surface area contributed by atoms with Crippen molar-refractivity contribution in [3.63, 3.8) is 0 Å². The maximum Gasteiger partial charge on any atom is 0.257 e. The highest BCUT2D eigenvalue weighted by Gasteiger charge is 2.07. The summed E-state index contributed by atoms with van der Waals surface area (Å²) in [5.41, 5.74) is 4.97. The number of hydrogen-bond acceptors (Lipinski definition) is 3. The van der Waals surface area contributed by atoms with E-state index in [1.807, 2.05) is 31.2 Å². The highest BCUT2D eigenvalue weighted by atomic mass is 16.1. The molecule has 0 aliphatic rings. The van der Waals surface area contributed by atoms with Crippen LogP contribution < -0.4 is 16.6 Å². The lowest BCUT2D eigenvalue weighted by Gasteiger charge is -2.13. The molecule has 2 aromatic rings. The van der Waals surface area contributed by atoms with Gasteiger partial charge in [0.2, 0.25) is 5.91 Å². The van der Waals surface area contributed by atoms with Gasteiger partial charge in [0.25, 0.3) is 5.56 Å². The first kappa shape index (κ1) is 12.2. The number of nitrogens with one attached hydrogen (secondary N) is 2. The molecule has 5 heteroatoms. The Labute approximate surface area is 104 Å². The van der Waals surface area contributed by atoms with Crippen LogP contribution in [-0.4, -0.2) is 16.9 Å². The van der Waals surface area contributed by atoms with Crippen LogP contribution in [0, 0.1) is 0 Å². The summed E-state index contributed by atoms with van der Waals surface area (Å²) < 4.78 is 0. The van der Waals surface area contributed by atoms with Gasteiger partial charge in [-0.2, -0.15) is 0 Å². The number of anilines is 1. The number of primary amides is 1. The minimum absolute atomic E-state index is 0.126. The quantitative estimate of drug-likeness (QED) is 0.756. The van der Waals surface area contributed by atoms with Gasteiger partial charge in [-0.05, 0) is 24.4 Å². The van der Waals surface area contributed by atoms with E-state index in [9.17, 15) is 9.59 Å². The van der Waals surface area contributed by atoms with Crippen LogP contribution in [0.25, 0.3) is 10.8 Å². The molecule has 0 bridgehead atoms. The summed E-state index contributed by atoms with van der Waals surface area (Å²) >= 11 is 0. The second-order valence-electron chi connectivity index (χ2n) is 4.32. The fourth-order valence-corrected chi connectivity index (χ4v) is 1.91. The van der Waals surface area contributed by atoms with Crippen molar-refractivity contribution in [2.24, 2.45) is 5.73 Å². The lowest BCUT2D eigenvalue weighted by Crippen LogP contribution is -2.25. The first-order valence-electron chi connectivity index (χ1n) is 5.73. The number of aromatic amines is 1. The number of pyridine rings is 1. The van der Waals surface area contributed by atoms with E-state index in [1.54, 1.807) is 6.07 Å². The number of rotatable bonds is 4. The van der Waals surface area contributed by atoms with Gasteiger partial charge in [0.05, 0.1) is 0 Å². The maximum atomic E-state index is 11.8. The molecule has 1 atom stereocenters. The molecular weight excluding hydrogens is 230 g/mol. The van der Waals surface area contributed by atoms with E-state index in [-0.39, 0.29) is 23.9 Å². The Morgan fingerprint density at radius 3 is 2.89 bits per heavy atom. The molecule has 0 radical (unpaired) electrons. The van der Waals surface area contributed by atoms with Crippen LogP contribution in [0.4, 0.5) is 5.82 Å². The van der Waals surface area contributed by atoms with Gasteiger partial charge in [0.15, 0.2) is 0 Å². The van der Waals surface area contributed by atoms with Crippen LogP contribution in [0.15, 0.2) is 35.1 Å². The molecule has 1 aromatic carbocycles. The molecule has 1 heterocycles.